The van der Waals surface area contributed by atoms with E-state index in [0.717, 1.165) is 28.9 Å². The van der Waals surface area contributed by atoms with Crippen LogP contribution in [-0.2, 0) is 12.5 Å². The van der Waals surface area contributed by atoms with Gasteiger partial charge in [-0.2, -0.15) is 0 Å². The van der Waals surface area contributed by atoms with Crippen LogP contribution in [0.15, 0.2) is 59.0 Å². The summed E-state index contributed by atoms with van der Waals surface area (Å²) in [4.78, 5) is 0. The van der Waals surface area contributed by atoms with Crippen molar-refractivity contribution in [3.63, 3.8) is 0 Å². The predicted octanol–water partition coefficient (Wildman–Crippen LogP) is 7.70. The first-order valence-corrected chi connectivity index (χ1v) is 12.0. The molecule has 0 aliphatic heterocycles. The minimum Gasteiger partial charge on any atom is -0.454 e. The Morgan fingerprint density at radius 2 is 1.48 bits per heavy atom. The quantitative estimate of drug-likeness (QED) is 0.279. The second-order valence-electron chi connectivity index (χ2n) is 10.9. The van der Waals surface area contributed by atoms with Crippen LogP contribution in [0.5, 0.6) is 0 Å². The average molecular weight is 406 g/mol. The summed E-state index contributed by atoms with van der Waals surface area (Å²) >= 11 is 0. The van der Waals surface area contributed by atoms with E-state index in [4.69, 9.17) is 4.42 Å². The molecule has 4 bridgehead atoms. The predicted molar refractivity (Wildman–Crippen MR) is 128 cm³/mol. The molecule has 154 valence electrons. The van der Waals surface area contributed by atoms with E-state index >= 15 is 0 Å². The van der Waals surface area contributed by atoms with Gasteiger partial charge in [0.1, 0.15) is 5.58 Å². The first-order chi connectivity index (χ1) is 15.2. The lowest BCUT2D eigenvalue weighted by atomic mass is 9.48. The first-order valence-electron chi connectivity index (χ1n) is 12.0. The molecule has 4 saturated carbocycles. The first kappa shape index (κ1) is 16.9. The molecule has 9 rings (SSSR count). The number of hydrogen-bond donors (Lipinski definition) is 0. The Kier molecular flexibility index (Phi) is 3.02. The van der Waals surface area contributed by atoms with Gasteiger partial charge in [0.15, 0.2) is 5.58 Å². The maximum Gasteiger partial charge on any atom is 0.159 e. The largest absolute Gasteiger partial charge is 0.454 e. The summed E-state index contributed by atoms with van der Waals surface area (Å²) in [6.07, 6.45) is 8.72. The second kappa shape index (κ2) is 5.54. The Labute approximate surface area is 181 Å². The van der Waals surface area contributed by atoms with Crippen LogP contribution in [0.3, 0.4) is 0 Å². The van der Waals surface area contributed by atoms with Crippen molar-refractivity contribution in [1.82, 2.24) is 4.57 Å². The van der Waals surface area contributed by atoms with Crippen LogP contribution in [0.1, 0.15) is 44.1 Å². The molecule has 0 unspecified atom stereocenters. The summed E-state index contributed by atoms with van der Waals surface area (Å²) < 4.78 is 8.83. The average Bonchev–Trinajstić information content (AvgIpc) is 3.28. The molecule has 0 atom stereocenters. The number of rotatable bonds is 1. The highest BCUT2D eigenvalue weighted by molar-refractivity contribution is 6.20. The van der Waals surface area contributed by atoms with Gasteiger partial charge in [-0.05, 0) is 91.5 Å². The molecule has 5 aromatic rings. The van der Waals surface area contributed by atoms with Gasteiger partial charge in [-0.1, -0.05) is 30.3 Å². The standard InChI is InChI=1S/C29H27NO/c1-30-25-5-3-2-4-21(25)22-7-8-23-24-13-20(6-9-26(24)31-28(23)27(22)30)29-14-17-10-18(15-29)12-19(11-17)16-29/h2-9,13,17-19H,10-12,14-16H2,1H3. The van der Waals surface area contributed by atoms with Gasteiger partial charge >= 0.3 is 0 Å². The molecule has 2 nitrogen and oxygen atoms in total. The molecular weight excluding hydrogens is 378 g/mol. The lowest BCUT2D eigenvalue weighted by molar-refractivity contribution is -0.00513. The number of furan rings is 1. The van der Waals surface area contributed by atoms with Gasteiger partial charge in [-0.25, -0.2) is 0 Å². The molecule has 0 spiro atoms. The highest BCUT2D eigenvalue weighted by Gasteiger charge is 2.51. The van der Waals surface area contributed by atoms with Crippen LogP contribution >= 0.6 is 0 Å². The van der Waals surface area contributed by atoms with Crippen LogP contribution in [0.25, 0.3) is 43.7 Å². The van der Waals surface area contributed by atoms with Gasteiger partial charge in [0, 0.05) is 34.1 Å². The van der Waals surface area contributed by atoms with Gasteiger partial charge in [-0.15, -0.1) is 0 Å². The van der Waals surface area contributed by atoms with Crippen molar-refractivity contribution >= 4 is 43.7 Å². The minimum absolute atomic E-state index is 0.427. The van der Waals surface area contributed by atoms with E-state index in [9.17, 15) is 0 Å². The number of fused-ring (bicyclic) bond motifs is 7. The van der Waals surface area contributed by atoms with Gasteiger partial charge in [0.2, 0.25) is 0 Å². The molecule has 0 amide bonds. The number of nitrogens with zero attached hydrogens (tertiary/aromatic N) is 1. The fourth-order valence-corrected chi connectivity index (χ4v) is 8.28. The molecule has 31 heavy (non-hydrogen) atoms. The van der Waals surface area contributed by atoms with E-state index < -0.39 is 0 Å². The highest BCUT2D eigenvalue weighted by atomic mass is 16.3. The number of aromatic nitrogens is 1. The third kappa shape index (κ3) is 2.09. The van der Waals surface area contributed by atoms with Crippen molar-refractivity contribution < 1.29 is 4.42 Å². The SMILES string of the molecule is Cn1c2ccccc2c2ccc3c4cc(C56CC7CC(CC(C7)C5)C6)ccc4oc3c21. The molecule has 3 aromatic carbocycles. The van der Waals surface area contributed by atoms with E-state index in [2.05, 4.69) is 66.2 Å². The Morgan fingerprint density at radius 1 is 0.774 bits per heavy atom. The van der Waals surface area contributed by atoms with Crippen molar-refractivity contribution in [2.45, 2.75) is 43.9 Å². The van der Waals surface area contributed by atoms with Crippen molar-refractivity contribution in [3.8, 4) is 0 Å². The molecule has 0 saturated heterocycles. The lowest BCUT2D eigenvalue weighted by Gasteiger charge is -2.57. The molecular formula is C29H27NO. The van der Waals surface area contributed by atoms with Crippen LogP contribution in [0, 0.1) is 17.8 Å². The van der Waals surface area contributed by atoms with E-state index in [1.165, 1.54) is 71.1 Å². The topological polar surface area (TPSA) is 18.1 Å². The summed E-state index contributed by atoms with van der Waals surface area (Å²) in [6, 6.07) is 20.4. The number of para-hydroxylation sites is 1. The fraction of sp³-hybridized carbons (Fsp3) is 0.379. The second-order valence-corrected chi connectivity index (χ2v) is 10.9. The maximum atomic E-state index is 6.53. The lowest BCUT2D eigenvalue weighted by Crippen LogP contribution is -2.48. The van der Waals surface area contributed by atoms with Crippen molar-refractivity contribution in [1.29, 1.82) is 0 Å². The minimum atomic E-state index is 0.427. The summed E-state index contributed by atoms with van der Waals surface area (Å²) in [5.41, 5.74) is 6.55. The summed E-state index contributed by atoms with van der Waals surface area (Å²) in [6.45, 7) is 0. The van der Waals surface area contributed by atoms with Gasteiger partial charge in [0.25, 0.3) is 0 Å². The molecule has 2 aromatic heterocycles. The van der Waals surface area contributed by atoms with Crippen LogP contribution < -0.4 is 0 Å². The molecule has 4 aliphatic carbocycles. The van der Waals surface area contributed by atoms with Crippen molar-refractivity contribution in [3.05, 3.63) is 60.2 Å². The number of benzene rings is 3. The molecule has 0 N–H and O–H groups in total. The molecule has 0 radical (unpaired) electrons. The summed E-state index contributed by atoms with van der Waals surface area (Å²) in [5, 5.41) is 5.15. The zero-order valence-electron chi connectivity index (χ0n) is 18.0. The van der Waals surface area contributed by atoms with E-state index in [1.807, 2.05) is 0 Å². The van der Waals surface area contributed by atoms with Crippen LogP contribution in [0.4, 0.5) is 0 Å². The smallest absolute Gasteiger partial charge is 0.159 e. The van der Waals surface area contributed by atoms with Crippen LogP contribution in [-0.4, -0.2) is 4.57 Å². The Balaban J connectivity index is 1.38. The molecule has 4 aliphatic rings. The van der Waals surface area contributed by atoms with E-state index in [1.54, 1.807) is 5.56 Å². The van der Waals surface area contributed by atoms with Gasteiger partial charge < -0.3 is 8.98 Å². The van der Waals surface area contributed by atoms with Crippen molar-refractivity contribution in [2.24, 2.45) is 24.8 Å². The molecule has 2 heteroatoms. The monoisotopic (exact) mass is 405 g/mol. The maximum absolute atomic E-state index is 6.53. The number of aryl methyl sites for hydroxylation is 1. The van der Waals surface area contributed by atoms with E-state index in [-0.39, 0.29) is 0 Å². The van der Waals surface area contributed by atoms with Crippen molar-refractivity contribution in [2.75, 3.05) is 0 Å². The van der Waals surface area contributed by atoms with Gasteiger partial charge in [0.05, 0.1) is 5.52 Å². The zero-order valence-corrected chi connectivity index (χ0v) is 18.0. The Hall–Kier alpha value is -2.74. The van der Waals surface area contributed by atoms with Gasteiger partial charge in [-0.3, -0.25) is 0 Å². The molecule has 2 heterocycles. The normalized spacial score (nSPS) is 29.8. The third-order valence-electron chi connectivity index (χ3n) is 9.15. The third-order valence-corrected chi connectivity index (χ3v) is 9.15. The highest BCUT2D eigenvalue weighted by Crippen LogP contribution is 2.61. The van der Waals surface area contributed by atoms with E-state index in [0.29, 0.717) is 5.41 Å². The Bertz CT molecular complexity index is 1500. The fourth-order valence-electron chi connectivity index (χ4n) is 8.28. The summed E-state index contributed by atoms with van der Waals surface area (Å²) in [5.74, 6) is 2.91. The molecule has 4 fully saturated rings. The zero-order chi connectivity index (χ0) is 20.3. The Morgan fingerprint density at radius 3 is 2.26 bits per heavy atom. The van der Waals surface area contributed by atoms with Crippen LogP contribution in [0.2, 0.25) is 0 Å². The number of hydrogen-bond acceptors (Lipinski definition) is 1. The summed E-state index contributed by atoms with van der Waals surface area (Å²) in [7, 11) is 2.16.